The fourth-order valence-corrected chi connectivity index (χ4v) is 2.84. The number of likely N-dealkylation sites (N-methyl/N-ethyl adjacent to an activating group) is 1. The Morgan fingerprint density at radius 2 is 2.21 bits per heavy atom. The third-order valence-corrected chi connectivity index (χ3v) is 4.16. The monoisotopic (exact) mass is 333 g/mol. The van der Waals surface area contributed by atoms with Crippen LogP contribution in [0.3, 0.4) is 0 Å². The molecular formula is C18H27N3O3. The van der Waals surface area contributed by atoms with E-state index in [9.17, 15) is 9.59 Å². The number of hydrogen-bond acceptors (Lipinski definition) is 3. The zero-order valence-electron chi connectivity index (χ0n) is 14.7. The highest BCUT2D eigenvalue weighted by molar-refractivity contribution is 5.88. The standard InChI is InChI=1S/C18H27N3O3/c1-4-21(12-17-9-6-10-24-17)18(23)19-13(2)15-7-5-8-16(11-15)20-14(3)22/h5,7-8,11,13,17H,4,6,9-10,12H2,1-3H3,(H,19,23)(H,20,22)/t13-,17-/m1/s1. The van der Waals surface area contributed by atoms with E-state index in [1.807, 2.05) is 38.1 Å². The summed E-state index contributed by atoms with van der Waals surface area (Å²) < 4.78 is 5.62. The highest BCUT2D eigenvalue weighted by Gasteiger charge is 2.22. The second-order valence-corrected chi connectivity index (χ2v) is 6.15. The van der Waals surface area contributed by atoms with Crippen molar-refractivity contribution in [3.63, 3.8) is 0 Å². The zero-order chi connectivity index (χ0) is 17.5. The van der Waals surface area contributed by atoms with E-state index in [2.05, 4.69) is 10.6 Å². The van der Waals surface area contributed by atoms with E-state index in [4.69, 9.17) is 4.74 Å². The van der Waals surface area contributed by atoms with Gasteiger partial charge in [-0.1, -0.05) is 12.1 Å². The molecule has 0 radical (unpaired) electrons. The van der Waals surface area contributed by atoms with E-state index in [0.717, 1.165) is 30.7 Å². The normalized spacial score (nSPS) is 18.0. The van der Waals surface area contributed by atoms with Crippen molar-refractivity contribution in [3.05, 3.63) is 29.8 Å². The summed E-state index contributed by atoms with van der Waals surface area (Å²) in [5.41, 5.74) is 1.68. The highest BCUT2D eigenvalue weighted by Crippen LogP contribution is 2.18. The first kappa shape index (κ1) is 18.3. The van der Waals surface area contributed by atoms with Gasteiger partial charge in [0, 0.05) is 32.3 Å². The van der Waals surface area contributed by atoms with Gasteiger partial charge in [-0.15, -0.1) is 0 Å². The third kappa shape index (κ3) is 5.23. The predicted molar refractivity (Wildman–Crippen MR) is 93.9 cm³/mol. The van der Waals surface area contributed by atoms with E-state index < -0.39 is 0 Å². The van der Waals surface area contributed by atoms with Crippen LogP contribution in [0.2, 0.25) is 0 Å². The van der Waals surface area contributed by atoms with Gasteiger partial charge in [-0.05, 0) is 44.4 Å². The Bertz CT molecular complexity index is 570. The molecule has 0 aromatic heterocycles. The molecule has 2 N–H and O–H groups in total. The minimum absolute atomic E-state index is 0.0922. The van der Waals surface area contributed by atoms with E-state index in [1.54, 1.807) is 4.90 Å². The lowest BCUT2D eigenvalue weighted by Gasteiger charge is -2.26. The summed E-state index contributed by atoms with van der Waals surface area (Å²) in [4.78, 5) is 25.4. The topological polar surface area (TPSA) is 70.7 Å². The largest absolute Gasteiger partial charge is 0.376 e. The Hall–Kier alpha value is -2.08. The fourth-order valence-electron chi connectivity index (χ4n) is 2.84. The quantitative estimate of drug-likeness (QED) is 0.841. The first-order chi connectivity index (χ1) is 11.5. The fraction of sp³-hybridized carbons (Fsp3) is 0.556. The number of ether oxygens (including phenoxy) is 1. The number of rotatable bonds is 6. The molecule has 0 aliphatic carbocycles. The van der Waals surface area contributed by atoms with Crippen LogP contribution < -0.4 is 10.6 Å². The number of nitrogens with zero attached hydrogens (tertiary/aromatic N) is 1. The number of amides is 3. The summed E-state index contributed by atoms with van der Waals surface area (Å²) >= 11 is 0. The predicted octanol–water partition coefficient (Wildman–Crippen LogP) is 2.92. The Balaban J connectivity index is 1.95. The average Bonchev–Trinajstić information content (AvgIpc) is 3.05. The summed E-state index contributed by atoms with van der Waals surface area (Å²) in [6.07, 6.45) is 2.22. The summed E-state index contributed by atoms with van der Waals surface area (Å²) in [6, 6.07) is 7.27. The van der Waals surface area contributed by atoms with Gasteiger partial charge in [-0.25, -0.2) is 4.79 Å². The van der Waals surface area contributed by atoms with Gasteiger partial charge < -0.3 is 20.3 Å². The zero-order valence-corrected chi connectivity index (χ0v) is 14.7. The molecule has 6 nitrogen and oxygen atoms in total. The number of carbonyl (C=O) groups excluding carboxylic acids is 2. The van der Waals surface area contributed by atoms with Gasteiger partial charge in [-0.3, -0.25) is 4.79 Å². The summed E-state index contributed by atoms with van der Waals surface area (Å²) in [5, 5.41) is 5.78. The van der Waals surface area contributed by atoms with Crippen molar-refractivity contribution in [2.24, 2.45) is 0 Å². The van der Waals surface area contributed by atoms with E-state index in [1.165, 1.54) is 6.92 Å². The van der Waals surface area contributed by atoms with E-state index in [0.29, 0.717) is 13.1 Å². The molecule has 0 bridgehead atoms. The second-order valence-electron chi connectivity index (χ2n) is 6.15. The number of carbonyl (C=O) groups is 2. The van der Waals surface area contributed by atoms with Crippen LogP contribution in [-0.2, 0) is 9.53 Å². The second kappa shape index (κ2) is 8.68. The van der Waals surface area contributed by atoms with Crippen LogP contribution in [0, 0.1) is 0 Å². The first-order valence-electron chi connectivity index (χ1n) is 8.54. The van der Waals surface area contributed by atoms with Crippen LogP contribution in [0.15, 0.2) is 24.3 Å². The van der Waals surface area contributed by atoms with Crippen molar-refractivity contribution in [2.45, 2.75) is 45.8 Å². The van der Waals surface area contributed by atoms with Crippen LogP contribution >= 0.6 is 0 Å². The SMILES string of the molecule is CCN(C[C@H]1CCCO1)C(=O)N[C@H](C)c1cccc(NC(C)=O)c1. The molecule has 1 aromatic carbocycles. The molecule has 3 amide bonds. The molecule has 1 aliphatic heterocycles. The van der Waals surface area contributed by atoms with Crippen molar-refractivity contribution in [3.8, 4) is 0 Å². The average molecular weight is 333 g/mol. The van der Waals surface area contributed by atoms with Gasteiger partial charge in [0.25, 0.3) is 0 Å². The molecule has 1 aromatic rings. The number of benzene rings is 1. The van der Waals surface area contributed by atoms with Crippen molar-refractivity contribution in [2.75, 3.05) is 25.0 Å². The number of nitrogens with one attached hydrogen (secondary N) is 2. The highest BCUT2D eigenvalue weighted by atomic mass is 16.5. The van der Waals surface area contributed by atoms with Crippen molar-refractivity contribution < 1.29 is 14.3 Å². The minimum Gasteiger partial charge on any atom is -0.376 e. The van der Waals surface area contributed by atoms with E-state index >= 15 is 0 Å². The maximum Gasteiger partial charge on any atom is 0.317 e. The van der Waals surface area contributed by atoms with Crippen molar-refractivity contribution >= 4 is 17.6 Å². The molecule has 2 rings (SSSR count). The summed E-state index contributed by atoms with van der Waals surface area (Å²) in [6.45, 7) is 7.44. The summed E-state index contributed by atoms with van der Waals surface area (Å²) in [5.74, 6) is -0.113. The molecule has 6 heteroatoms. The molecule has 0 saturated carbocycles. The molecule has 2 atom stereocenters. The Morgan fingerprint density at radius 1 is 1.42 bits per heavy atom. The maximum absolute atomic E-state index is 12.5. The van der Waals surface area contributed by atoms with Crippen LogP contribution in [-0.4, -0.2) is 42.6 Å². The van der Waals surface area contributed by atoms with Gasteiger partial charge in [0.2, 0.25) is 5.91 Å². The maximum atomic E-state index is 12.5. The molecule has 0 spiro atoms. The lowest BCUT2D eigenvalue weighted by molar-refractivity contribution is -0.114. The molecule has 1 saturated heterocycles. The molecule has 1 aliphatic rings. The smallest absolute Gasteiger partial charge is 0.317 e. The van der Waals surface area contributed by atoms with E-state index in [-0.39, 0.29) is 24.1 Å². The minimum atomic E-state index is -0.148. The van der Waals surface area contributed by atoms with Gasteiger partial charge in [0.05, 0.1) is 12.1 Å². The van der Waals surface area contributed by atoms with Crippen LogP contribution in [0.5, 0.6) is 0 Å². The Labute approximate surface area is 143 Å². The van der Waals surface area contributed by atoms with Crippen molar-refractivity contribution in [1.82, 2.24) is 10.2 Å². The first-order valence-corrected chi connectivity index (χ1v) is 8.54. The van der Waals surface area contributed by atoms with Gasteiger partial charge in [0.1, 0.15) is 0 Å². The molecule has 0 unspecified atom stereocenters. The third-order valence-electron chi connectivity index (χ3n) is 4.16. The lowest BCUT2D eigenvalue weighted by Crippen LogP contribution is -2.44. The number of anilines is 1. The van der Waals surface area contributed by atoms with Crippen LogP contribution in [0.25, 0.3) is 0 Å². The van der Waals surface area contributed by atoms with Gasteiger partial charge >= 0.3 is 6.03 Å². The number of hydrogen-bond donors (Lipinski definition) is 2. The van der Waals surface area contributed by atoms with Gasteiger partial charge in [-0.2, -0.15) is 0 Å². The Morgan fingerprint density at radius 3 is 2.83 bits per heavy atom. The van der Waals surface area contributed by atoms with Gasteiger partial charge in [0.15, 0.2) is 0 Å². The molecular weight excluding hydrogens is 306 g/mol. The lowest BCUT2D eigenvalue weighted by atomic mass is 10.1. The molecule has 1 fully saturated rings. The van der Waals surface area contributed by atoms with Crippen molar-refractivity contribution in [1.29, 1.82) is 0 Å². The number of urea groups is 1. The molecule has 24 heavy (non-hydrogen) atoms. The summed E-state index contributed by atoms with van der Waals surface area (Å²) in [7, 11) is 0. The van der Waals surface area contributed by atoms with Crippen LogP contribution in [0.4, 0.5) is 10.5 Å². The Kier molecular flexibility index (Phi) is 6.61. The molecule has 132 valence electrons. The van der Waals surface area contributed by atoms with Crippen LogP contribution in [0.1, 0.15) is 45.2 Å². The molecule has 1 heterocycles.